The molecule has 1 aliphatic heterocycles. The molecule has 2 unspecified atom stereocenters. The third-order valence-corrected chi connectivity index (χ3v) is 9.16. The van der Waals surface area contributed by atoms with Crippen molar-refractivity contribution in [2.75, 3.05) is 26.3 Å². The topological polar surface area (TPSA) is 106 Å². The highest BCUT2D eigenvalue weighted by molar-refractivity contribution is 7.76. The van der Waals surface area contributed by atoms with Crippen LogP contribution in [-0.4, -0.2) is 50.4 Å². The molecule has 1 fully saturated rings. The zero-order valence-corrected chi connectivity index (χ0v) is 25.7. The van der Waals surface area contributed by atoms with Crippen molar-refractivity contribution >= 4 is 17.2 Å². The summed E-state index contributed by atoms with van der Waals surface area (Å²) in [6.07, 6.45) is 5.46. The molecule has 3 aromatic carbocycles. The Kier molecular flexibility index (Phi) is 10.4. The van der Waals surface area contributed by atoms with E-state index in [1.54, 1.807) is 4.31 Å². The van der Waals surface area contributed by atoms with Crippen LogP contribution in [0.1, 0.15) is 66.7 Å². The minimum Gasteiger partial charge on any atom is -0.494 e. The molecular formula is C34H41NO7S. The van der Waals surface area contributed by atoms with Crippen LogP contribution in [0.3, 0.4) is 0 Å². The molecule has 5 rings (SSSR count). The van der Waals surface area contributed by atoms with Gasteiger partial charge >= 0.3 is 5.97 Å². The first kappa shape index (κ1) is 31.0. The second kappa shape index (κ2) is 14.4. The van der Waals surface area contributed by atoms with Gasteiger partial charge in [0.05, 0.1) is 19.6 Å². The summed E-state index contributed by atoms with van der Waals surface area (Å²) in [6.45, 7) is 6.63. The Morgan fingerprint density at radius 3 is 2.51 bits per heavy atom. The molecule has 1 saturated carbocycles. The lowest BCUT2D eigenvalue weighted by Crippen LogP contribution is -2.32. The fourth-order valence-electron chi connectivity index (χ4n) is 6.32. The molecular weight excluding hydrogens is 566 g/mol. The summed E-state index contributed by atoms with van der Waals surface area (Å²) in [5.41, 5.74) is 6.42. The number of nitrogens with zero attached hydrogens (tertiary/aromatic N) is 1. The molecule has 0 aromatic heterocycles. The van der Waals surface area contributed by atoms with Gasteiger partial charge < -0.3 is 19.3 Å². The van der Waals surface area contributed by atoms with E-state index < -0.39 is 17.2 Å². The highest BCUT2D eigenvalue weighted by atomic mass is 32.2. The van der Waals surface area contributed by atoms with Gasteiger partial charge in [-0.3, -0.25) is 9.35 Å². The first-order valence-electron chi connectivity index (χ1n) is 15.1. The van der Waals surface area contributed by atoms with Gasteiger partial charge in [-0.2, -0.15) is 0 Å². The fraction of sp³-hybridized carbons (Fsp3) is 0.441. The zero-order chi connectivity index (χ0) is 30.3. The molecule has 230 valence electrons. The van der Waals surface area contributed by atoms with E-state index in [1.807, 2.05) is 42.5 Å². The van der Waals surface area contributed by atoms with Gasteiger partial charge in [-0.05, 0) is 91.1 Å². The van der Waals surface area contributed by atoms with E-state index in [0.29, 0.717) is 56.7 Å². The van der Waals surface area contributed by atoms with Crippen molar-refractivity contribution in [3.05, 3.63) is 76.9 Å². The van der Waals surface area contributed by atoms with E-state index in [-0.39, 0.29) is 12.3 Å². The molecule has 1 aliphatic carbocycles. The average molecular weight is 608 g/mol. The predicted molar refractivity (Wildman–Crippen MR) is 167 cm³/mol. The van der Waals surface area contributed by atoms with Crippen LogP contribution in [0, 0.1) is 19.8 Å². The summed E-state index contributed by atoms with van der Waals surface area (Å²) in [5, 5.41) is 9.13. The maximum absolute atomic E-state index is 11.8. The molecule has 2 N–H and O–H groups in total. The van der Waals surface area contributed by atoms with Crippen molar-refractivity contribution in [2.24, 2.45) is 5.92 Å². The van der Waals surface area contributed by atoms with E-state index in [4.69, 9.17) is 19.3 Å². The number of aryl methyl sites for hydroxylation is 2. The molecule has 8 nitrogen and oxygen atoms in total. The number of ether oxygens (including phenoxy) is 3. The van der Waals surface area contributed by atoms with Gasteiger partial charge in [-0.15, -0.1) is 0 Å². The Balaban J connectivity index is 1.16. The first-order valence-corrected chi connectivity index (χ1v) is 16.1. The van der Waals surface area contributed by atoms with E-state index in [9.17, 15) is 13.6 Å². The molecule has 0 saturated heterocycles. The van der Waals surface area contributed by atoms with E-state index in [1.165, 1.54) is 12.8 Å². The minimum absolute atomic E-state index is 0.0544. The molecule has 0 radical (unpaired) electrons. The molecule has 43 heavy (non-hydrogen) atoms. The van der Waals surface area contributed by atoms with Gasteiger partial charge in [-0.25, -0.2) is 8.51 Å². The van der Waals surface area contributed by atoms with Gasteiger partial charge in [0, 0.05) is 30.6 Å². The third kappa shape index (κ3) is 8.16. The van der Waals surface area contributed by atoms with Crippen molar-refractivity contribution in [1.82, 2.24) is 4.31 Å². The number of hydrogen-bond donors (Lipinski definition) is 2. The lowest BCUT2D eigenvalue weighted by atomic mass is 9.94. The summed E-state index contributed by atoms with van der Waals surface area (Å²) < 4.78 is 41.0. The molecule has 3 aromatic rings. The Morgan fingerprint density at radius 2 is 1.79 bits per heavy atom. The smallest absolute Gasteiger partial charge is 0.304 e. The van der Waals surface area contributed by atoms with E-state index in [2.05, 4.69) is 26.0 Å². The van der Waals surface area contributed by atoms with Crippen molar-refractivity contribution in [1.29, 1.82) is 0 Å². The molecule has 0 spiro atoms. The maximum Gasteiger partial charge on any atom is 0.304 e. The second-order valence-corrected chi connectivity index (χ2v) is 12.7. The highest BCUT2D eigenvalue weighted by Crippen LogP contribution is 2.38. The van der Waals surface area contributed by atoms with Crippen molar-refractivity contribution in [3.63, 3.8) is 0 Å². The summed E-state index contributed by atoms with van der Waals surface area (Å²) in [7, 11) is 0. The van der Waals surface area contributed by atoms with Crippen LogP contribution in [0.4, 0.5) is 0 Å². The normalized spacial score (nSPS) is 17.1. The Morgan fingerprint density at radius 1 is 1.02 bits per heavy atom. The number of aliphatic carboxylic acids is 1. The molecule has 2 aliphatic rings. The largest absolute Gasteiger partial charge is 0.494 e. The molecule has 2 atom stereocenters. The number of benzene rings is 3. The molecule has 0 amide bonds. The van der Waals surface area contributed by atoms with Crippen molar-refractivity contribution in [3.8, 4) is 28.4 Å². The standard InChI is InChI=1S/C34H41NO7S/c1-23-15-30(40-14-6-13-35(43(38)39)20-25-7-3-4-8-25)16-24(2)34(23)27-10-5-9-26(17-27)21-41-29-11-12-31-28(18-33(36)37)22-42-32(31)19-29/h5,9-12,15-17,19,25,28H,3-4,6-8,13-14,18,20-22H2,1-2H3,(H,36,37)(H,38,39). The summed E-state index contributed by atoms with van der Waals surface area (Å²) in [5.74, 6) is 1.74. The Bertz CT molecular complexity index is 1430. The summed E-state index contributed by atoms with van der Waals surface area (Å²) in [6, 6.07) is 18.0. The van der Waals surface area contributed by atoms with Crippen LogP contribution in [-0.2, 0) is 22.7 Å². The van der Waals surface area contributed by atoms with Crippen LogP contribution in [0.15, 0.2) is 54.6 Å². The molecule has 9 heteroatoms. The second-order valence-electron chi connectivity index (χ2n) is 11.7. The number of rotatable bonds is 14. The Labute approximate surface area is 256 Å². The van der Waals surface area contributed by atoms with Crippen LogP contribution in [0.5, 0.6) is 17.2 Å². The number of carbonyl (C=O) groups is 1. The lowest BCUT2D eigenvalue weighted by Gasteiger charge is -2.21. The summed E-state index contributed by atoms with van der Waals surface area (Å²) in [4.78, 5) is 11.1. The van der Waals surface area contributed by atoms with Crippen LogP contribution in [0.2, 0.25) is 0 Å². The quantitative estimate of drug-likeness (QED) is 0.152. The molecule has 1 heterocycles. The van der Waals surface area contributed by atoms with Gasteiger partial charge in [0.25, 0.3) is 0 Å². The van der Waals surface area contributed by atoms with E-state index in [0.717, 1.165) is 52.0 Å². The predicted octanol–water partition coefficient (Wildman–Crippen LogP) is 6.90. The monoisotopic (exact) mass is 607 g/mol. The Hall–Kier alpha value is -3.40. The van der Waals surface area contributed by atoms with Crippen LogP contribution in [0.25, 0.3) is 11.1 Å². The van der Waals surface area contributed by atoms with Crippen LogP contribution >= 0.6 is 0 Å². The van der Waals surface area contributed by atoms with Gasteiger partial charge in [0.1, 0.15) is 23.9 Å². The average Bonchev–Trinajstić information content (AvgIpc) is 3.63. The van der Waals surface area contributed by atoms with Crippen molar-refractivity contribution < 1.29 is 32.9 Å². The van der Waals surface area contributed by atoms with Crippen LogP contribution < -0.4 is 14.2 Å². The third-order valence-electron chi connectivity index (χ3n) is 8.39. The number of fused-ring (bicyclic) bond motifs is 1. The number of carboxylic acids is 1. The minimum atomic E-state index is -1.95. The van der Waals surface area contributed by atoms with Gasteiger partial charge in [0.15, 0.2) is 0 Å². The highest BCUT2D eigenvalue weighted by Gasteiger charge is 2.27. The molecule has 0 bridgehead atoms. The van der Waals surface area contributed by atoms with Crippen molar-refractivity contribution in [2.45, 2.75) is 64.9 Å². The first-order chi connectivity index (χ1) is 20.8. The number of carboxylic acid groups (broad SMARTS) is 1. The van der Waals surface area contributed by atoms with E-state index >= 15 is 0 Å². The lowest BCUT2D eigenvalue weighted by molar-refractivity contribution is -0.137. The fourth-order valence-corrected chi connectivity index (χ4v) is 6.94. The maximum atomic E-state index is 11.8. The van der Waals surface area contributed by atoms with Gasteiger partial charge in [0.2, 0.25) is 11.3 Å². The van der Waals surface area contributed by atoms with Gasteiger partial charge in [-0.1, -0.05) is 37.1 Å². The summed E-state index contributed by atoms with van der Waals surface area (Å²) >= 11 is -1.95. The SMILES string of the molecule is Cc1cc(OCCCN(CC2CCCC2)S(=O)O)cc(C)c1-c1cccc(COc2ccc3c(c2)OCC3CC(=O)O)c1. The number of hydrogen-bond acceptors (Lipinski definition) is 5. The zero-order valence-electron chi connectivity index (χ0n) is 24.9.